The number of nitro benzene ring substituents is 1. The number of thiocarbonyl (C=S) groups is 1. The predicted molar refractivity (Wildman–Crippen MR) is 104 cm³/mol. The summed E-state index contributed by atoms with van der Waals surface area (Å²) < 4.78 is 5.07. The molecule has 1 N–H and O–H groups in total. The summed E-state index contributed by atoms with van der Waals surface area (Å²) >= 11 is 5.31. The van der Waals surface area contributed by atoms with Gasteiger partial charge in [-0.2, -0.15) is 0 Å². The van der Waals surface area contributed by atoms with Crippen molar-refractivity contribution >= 4 is 34.6 Å². The Morgan fingerprint density at radius 2 is 2.04 bits per heavy atom. The second-order valence-electron chi connectivity index (χ2n) is 6.04. The molecule has 2 rings (SSSR count). The number of ether oxygens (including phenoxy) is 1. The molecule has 26 heavy (non-hydrogen) atoms. The third-order valence-corrected chi connectivity index (χ3v) is 4.65. The van der Waals surface area contributed by atoms with Crippen LogP contribution in [0.4, 0.5) is 11.4 Å². The molecule has 1 fully saturated rings. The zero-order chi connectivity index (χ0) is 19.1. The topological polar surface area (TPSA) is 88.0 Å². The fraction of sp³-hybridized carbons (Fsp3) is 0.529. The van der Waals surface area contributed by atoms with Crippen LogP contribution in [-0.2, 0) is 4.79 Å². The fourth-order valence-corrected chi connectivity index (χ4v) is 3.09. The number of rotatable bonds is 6. The number of nitro groups is 1. The van der Waals surface area contributed by atoms with Gasteiger partial charge in [-0.1, -0.05) is 13.3 Å². The molecule has 1 aliphatic rings. The van der Waals surface area contributed by atoms with Gasteiger partial charge in [-0.3, -0.25) is 14.9 Å². The molecule has 1 aromatic rings. The Hall–Kier alpha value is -2.42. The minimum Gasteiger partial charge on any atom is -0.496 e. The summed E-state index contributed by atoms with van der Waals surface area (Å²) in [5.41, 5.74) is 0.585. The monoisotopic (exact) mass is 380 g/mol. The number of piperazine rings is 1. The van der Waals surface area contributed by atoms with E-state index in [2.05, 4.69) is 5.32 Å². The maximum Gasteiger partial charge on any atom is 0.296 e. The van der Waals surface area contributed by atoms with Crippen LogP contribution < -0.4 is 15.0 Å². The van der Waals surface area contributed by atoms with Crippen molar-refractivity contribution in [3.8, 4) is 5.75 Å². The van der Waals surface area contributed by atoms with Crippen LogP contribution in [0.15, 0.2) is 18.2 Å². The molecule has 0 unspecified atom stereocenters. The molecule has 0 saturated carbocycles. The van der Waals surface area contributed by atoms with Gasteiger partial charge in [0.15, 0.2) is 5.11 Å². The molecule has 1 heterocycles. The van der Waals surface area contributed by atoms with Crippen molar-refractivity contribution in [2.45, 2.75) is 26.2 Å². The lowest BCUT2D eigenvalue weighted by atomic mass is 10.2. The number of nitrogens with zero attached hydrogens (tertiary/aromatic N) is 3. The average molecular weight is 380 g/mol. The fourth-order valence-electron chi connectivity index (χ4n) is 2.79. The quantitative estimate of drug-likeness (QED) is 0.460. The molecule has 0 radical (unpaired) electrons. The third kappa shape index (κ3) is 5.04. The summed E-state index contributed by atoms with van der Waals surface area (Å²) in [6.45, 7) is 4.38. The van der Waals surface area contributed by atoms with E-state index in [1.807, 2.05) is 16.7 Å². The largest absolute Gasteiger partial charge is 0.496 e. The van der Waals surface area contributed by atoms with Crippen LogP contribution >= 0.6 is 12.2 Å². The Morgan fingerprint density at radius 3 is 2.62 bits per heavy atom. The Bertz CT molecular complexity index is 675. The van der Waals surface area contributed by atoms with E-state index >= 15 is 0 Å². The number of unbranched alkanes of at least 4 members (excludes halogenated alkanes) is 1. The average Bonchev–Trinajstić information content (AvgIpc) is 2.65. The van der Waals surface area contributed by atoms with Crippen molar-refractivity contribution in [2.75, 3.05) is 38.2 Å². The van der Waals surface area contributed by atoms with Crippen molar-refractivity contribution in [3.63, 3.8) is 0 Å². The van der Waals surface area contributed by atoms with Crippen LogP contribution in [0.25, 0.3) is 0 Å². The van der Waals surface area contributed by atoms with E-state index in [0.717, 1.165) is 12.8 Å². The smallest absolute Gasteiger partial charge is 0.296 e. The number of anilines is 1. The summed E-state index contributed by atoms with van der Waals surface area (Å²) in [6.07, 6.45) is 2.26. The van der Waals surface area contributed by atoms with Crippen molar-refractivity contribution in [1.82, 2.24) is 10.2 Å². The Morgan fingerprint density at radius 1 is 1.35 bits per heavy atom. The second kappa shape index (κ2) is 9.33. The SMILES string of the molecule is CCCCC(=O)NC(=S)N1CCN(c2ccc(OC)cc2[N+](=O)[O-])CC1. The normalized spacial score (nSPS) is 14.1. The molecule has 0 aromatic heterocycles. The zero-order valence-corrected chi connectivity index (χ0v) is 15.9. The number of methoxy groups -OCH3 is 1. The van der Waals surface area contributed by atoms with Gasteiger partial charge in [0, 0.05) is 32.6 Å². The van der Waals surface area contributed by atoms with Crippen LogP contribution in [0.5, 0.6) is 5.75 Å². The maximum atomic E-state index is 11.8. The van der Waals surface area contributed by atoms with Crippen LogP contribution in [0, 0.1) is 10.1 Å². The number of hydrogen-bond acceptors (Lipinski definition) is 6. The number of carbonyl (C=O) groups is 1. The molecule has 1 amide bonds. The van der Waals surface area contributed by atoms with Gasteiger partial charge in [0.25, 0.3) is 5.69 Å². The molecule has 0 aliphatic carbocycles. The molecule has 1 aromatic carbocycles. The first-order valence-corrected chi connectivity index (χ1v) is 9.03. The molecule has 1 saturated heterocycles. The van der Waals surface area contributed by atoms with Crippen LogP contribution in [0.1, 0.15) is 26.2 Å². The van der Waals surface area contributed by atoms with E-state index < -0.39 is 4.92 Å². The lowest BCUT2D eigenvalue weighted by Gasteiger charge is -2.37. The maximum absolute atomic E-state index is 11.8. The number of amides is 1. The standard InChI is InChI=1S/C17H24N4O4S/c1-3-4-5-16(22)18-17(26)20-10-8-19(9-11-20)14-7-6-13(25-2)12-15(14)21(23)24/h6-7,12H,3-5,8-11H2,1-2H3,(H,18,22,26). The van der Waals surface area contributed by atoms with E-state index in [9.17, 15) is 14.9 Å². The van der Waals surface area contributed by atoms with E-state index in [0.29, 0.717) is 49.1 Å². The predicted octanol–water partition coefficient (Wildman–Crippen LogP) is 2.32. The van der Waals surface area contributed by atoms with Crippen molar-refractivity contribution in [2.24, 2.45) is 0 Å². The number of nitrogens with one attached hydrogen (secondary N) is 1. The second-order valence-corrected chi connectivity index (χ2v) is 6.43. The van der Waals surface area contributed by atoms with Crippen molar-refractivity contribution in [1.29, 1.82) is 0 Å². The lowest BCUT2D eigenvalue weighted by Crippen LogP contribution is -2.52. The summed E-state index contributed by atoms with van der Waals surface area (Å²) in [6, 6.07) is 4.85. The van der Waals surface area contributed by atoms with Crippen LogP contribution in [0.3, 0.4) is 0 Å². The van der Waals surface area contributed by atoms with Gasteiger partial charge in [-0.25, -0.2) is 0 Å². The summed E-state index contributed by atoms with van der Waals surface area (Å²) in [4.78, 5) is 26.6. The van der Waals surface area contributed by atoms with Crippen LogP contribution in [0.2, 0.25) is 0 Å². The summed E-state index contributed by atoms with van der Waals surface area (Å²) in [5, 5.41) is 14.5. The molecule has 0 spiro atoms. The van der Waals surface area contributed by atoms with Crippen molar-refractivity contribution in [3.05, 3.63) is 28.3 Å². The van der Waals surface area contributed by atoms with E-state index in [1.165, 1.54) is 13.2 Å². The van der Waals surface area contributed by atoms with Gasteiger partial charge in [0.2, 0.25) is 5.91 Å². The van der Waals surface area contributed by atoms with Gasteiger partial charge in [-0.05, 0) is 30.8 Å². The molecule has 1 aliphatic heterocycles. The molecular formula is C17H24N4O4S. The number of carbonyl (C=O) groups excluding carboxylic acids is 1. The van der Waals surface area contributed by atoms with E-state index in [-0.39, 0.29) is 11.6 Å². The minimum atomic E-state index is -0.400. The Balaban J connectivity index is 1.97. The third-order valence-electron chi connectivity index (χ3n) is 4.29. The Kier molecular flexibility index (Phi) is 7.14. The highest BCUT2D eigenvalue weighted by Crippen LogP contribution is 2.32. The first kappa shape index (κ1) is 19.9. The molecular weight excluding hydrogens is 356 g/mol. The van der Waals surface area contributed by atoms with Gasteiger partial charge in [-0.15, -0.1) is 0 Å². The molecule has 9 heteroatoms. The van der Waals surface area contributed by atoms with Crippen molar-refractivity contribution < 1.29 is 14.5 Å². The highest BCUT2D eigenvalue weighted by atomic mass is 32.1. The Labute approximate surface area is 158 Å². The first-order valence-electron chi connectivity index (χ1n) is 8.62. The number of hydrogen-bond donors (Lipinski definition) is 1. The minimum absolute atomic E-state index is 0.0215. The molecule has 0 bridgehead atoms. The van der Waals surface area contributed by atoms with E-state index in [1.54, 1.807) is 12.1 Å². The van der Waals surface area contributed by atoms with Gasteiger partial charge in [0.05, 0.1) is 18.1 Å². The lowest BCUT2D eigenvalue weighted by molar-refractivity contribution is -0.384. The van der Waals surface area contributed by atoms with Gasteiger partial charge < -0.3 is 19.9 Å². The van der Waals surface area contributed by atoms with Gasteiger partial charge in [0.1, 0.15) is 11.4 Å². The number of benzene rings is 1. The van der Waals surface area contributed by atoms with E-state index in [4.69, 9.17) is 17.0 Å². The highest BCUT2D eigenvalue weighted by Gasteiger charge is 2.25. The van der Waals surface area contributed by atoms with Gasteiger partial charge >= 0.3 is 0 Å². The highest BCUT2D eigenvalue weighted by molar-refractivity contribution is 7.80. The zero-order valence-electron chi connectivity index (χ0n) is 15.1. The van der Waals surface area contributed by atoms with Crippen LogP contribution in [-0.4, -0.2) is 54.1 Å². The molecule has 0 atom stereocenters. The summed E-state index contributed by atoms with van der Waals surface area (Å²) in [5.74, 6) is 0.389. The first-order chi connectivity index (χ1) is 12.5. The summed E-state index contributed by atoms with van der Waals surface area (Å²) in [7, 11) is 1.48. The molecule has 8 nitrogen and oxygen atoms in total. The molecule has 142 valence electrons.